The maximum atomic E-state index is 11.5. The predicted molar refractivity (Wildman–Crippen MR) is 57.5 cm³/mol. The van der Waals surface area contributed by atoms with Crippen LogP contribution in [0.2, 0.25) is 0 Å². The van der Waals surface area contributed by atoms with E-state index in [2.05, 4.69) is 15.0 Å². The van der Waals surface area contributed by atoms with Gasteiger partial charge in [0.1, 0.15) is 0 Å². The Hall–Kier alpha value is -2.17. The lowest BCUT2D eigenvalue weighted by Gasteiger charge is -2.08. The third kappa shape index (κ3) is 2.08. The number of ketones is 2. The van der Waals surface area contributed by atoms with Crippen molar-refractivity contribution in [1.29, 1.82) is 0 Å². The summed E-state index contributed by atoms with van der Waals surface area (Å²) in [5, 5.41) is 0. The lowest BCUT2D eigenvalue weighted by molar-refractivity contribution is -0.116. The Balaban J connectivity index is 2.33. The molecule has 5 nitrogen and oxygen atoms in total. The van der Waals surface area contributed by atoms with Crippen molar-refractivity contribution in [2.24, 2.45) is 4.99 Å². The first kappa shape index (κ1) is 10.4. The Labute approximate surface area is 91.9 Å². The van der Waals surface area contributed by atoms with E-state index in [-0.39, 0.29) is 29.6 Å². The Bertz CT molecular complexity index is 503. The molecule has 0 fully saturated rings. The van der Waals surface area contributed by atoms with Gasteiger partial charge in [0.2, 0.25) is 11.7 Å². The molecule has 0 saturated carbocycles. The predicted octanol–water partition coefficient (Wildman–Crippen LogP) is 1.04. The van der Waals surface area contributed by atoms with Crippen LogP contribution in [0.1, 0.15) is 13.3 Å². The molecule has 1 aromatic heterocycles. The SMILES string of the molecule is CC1=CC(=O)C(=Nc2ncccn2)CC1=O. The zero-order valence-electron chi connectivity index (χ0n) is 8.67. The summed E-state index contributed by atoms with van der Waals surface area (Å²) in [5.74, 6) is -0.134. The van der Waals surface area contributed by atoms with Crippen LogP contribution in [0.5, 0.6) is 0 Å². The van der Waals surface area contributed by atoms with Crippen LogP contribution < -0.4 is 0 Å². The van der Waals surface area contributed by atoms with Crippen molar-refractivity contribution >= 4 is 23.2 Å². The standard InChI is InChI=1S/C11H9N3O2/c1-7-5-10(16)8(6-9(7)15)14-11-12-3-2-4-13-11/h2-5H,6H2,1H3. The third-order valence-corrected chi connectivity index (χ3v) is 2.19. The van der Waals surface area contributed by atoms with Crippen LogP contribution in [-0.4, -0.2) is 27.2 Å². The molecule has 80 valence electrons. The summed E-state index contributed by atoms with van der Waals surface area (Å²) in [5.41, 5.74) is 0.666. The van der Waals surface area contributed by atoms with E-state index >= 15 is 0 Å². The molecule has 16 heavy (non-hydrogen) atoms. The molecule has 0 aliphatic heterocycles. The van der Waals surface area contributed by atoms with Gasteiger partial charge in [0.15, 0.2) is 5.78 Å². The first-order valence-electron chi connectivity index (χ1n) is 4.77. The summed E-state index contributed by atoms with van der Waals surface area (Å²) in [4.78, 5) is 34.6. The highest BCUT2D eigenvalue weighted by molar-refractivity contribution is 6.50. The minimum absolute atomic E-state index is 0.0272. The van der Waals surface area contributed by atoms with Crippen molar-refractivity contribution < 1.29 is 9.59 Å². The average molecular weight is 215 g/mol. The highest BCUT2D eigenvalue weighted by Gasteiger charge is 2.21. The van der Waals surface area contributed by atoms with E-state index in [0.717, 1.165) is 0 Å². The number of allylic oxidation sites excluding steroid dienone is 2. The van der Waals surface area contributed by atoms with Gasteiger partial charge in [-0.3, -0.25) is 9.59 Å². The maximum absolute atomic E-state index is 11.5. The van der Waals surface area contributed by atoms with Gasteiger partial charge in [0.25, 0.3) is 0 Å². The molecule has 0 radical (unpaired) electrons. The van der Waals surface area contributed by atoms with Gasteiger partial charge in [-0.05, 0) is 24.6 Å². The highest BCUT2D eigenvalue weighted by Crippen LogP contribution is 2.12. The van der Waals surface area contributed by atoms with Crippen molar-refractivity contribution in [3.05, 3.63) is 30.1 Å². The Kier molecular flexibility index (Phi) is 2.68. The summed E-state index contributed by atoms with van der Waals surface area (Å²) >= 11 is 0. The quantitative estimate of drug-likeness (QED) is 0.701. The van der Waals surface area contributed by atoms with Gasteiger partial charge < -0.3 is 0 Å². The van der Waals surface area contributed by atoms with Crippen LogP contribution in [0.4, 0.5) is 5.95 Å². The minimum Gasteiger partial charge on any atom is -0.294 e. The molecule has 0 atom stereocenters. The van der Waals surface area contributed by atoms with Gasteiger partial charge in [-0.15, -0.1) is 0 Å². The largest absolute Gasteiger partial charge is 0.294 e. The van der Waals surface area contributed by atoms with Gasteiger partial charge in [0.05, 0.1) is 12.1 Å². The van der Waals surface area contributed by atoms with E-state index in [4.69, 9.17) is 0 Å². The van der Waals surface area contributed by atoms with E-state index in [9.17, 15) is 9.59 Å². The molecular weight excluding hydrogens is 206 g/mol. The fourth-order valence-electron chi connectivity index (χ4n) is 1.30. The number of carbonyl (C=O) groups excluding carboxylic acids is 2. The van der Waals surface area contributed by atoms with Crippen LogP contribution in [0.25, 0.3) is 0 Å². The fraction of sp³-hybridized carbons (Fsp3) is 0.182. The second-order valence-electron chi connectivity index (χ2n) is 3.40. The van der Waals surface area contributed by atoms with Crippen LogP contribution in [0, 0.1) is 0 Å². The van der Waals surface area contributed by atoms with Gasteiger partial charge in [-0.1, -0.05) is 0 Å². The topological polar surface area (TPSA) is 72.3 Å². The molecule has 1 aliphatic carbocycles. The fourth-order valence-corrected chi connectivity index (χ4v) is 1.30. The summed E-state index contributed by atoms with van der Waals surface area (Å²) in [6.45, 7) is 1.62. The zero-order valence-corrected chi connectivity index (χ0v) is 8.67. The summed E-state index contributed by atoms with van der Waals surface area (Å²) < 4.78 is 0. The van der Waals surface area contributed by atoms with E-state index in [1.807, 2.05) is 0 Å². The van der Waals surface area contributed by atoms with Crippen molar-refractivity contribution in [1.82, 2.24) is 9.97 Å². The molecular formula is C11H9N3O2. The minimum atomic E-state index is -0.246. The Morgan fingerprint density at radius 3 is 2.62 bits per heavy atom. The van der Waals surface area contributed by atoms with Crippen LogP contribution in [0.15, 0.2) is 35.1 Å². The lowest BCUT2D eigenvalue weighted by atomic mass is 9.97. The van der Waals surface area contributed by atoms with Crippen LogP contribution in [-0.2, 0) is 9.59 Å². The first-order chi connectivity index (χ1) is 7.66. The lowest BCUT2D eigenvalue weighted by Crippen LogP contribution is -2.23. The molecule has 0 aromatic carbocycles. The number of carbonyl (C=O) groups is 2. The van der Waals surface area contributed by atoms with Crippen LogP contribution in [0.3, 0.4) is 0 Å². The van der Waals surface area contributed by atoms with Gasteiger partial charge in [-0.2, -0.15) is 0 Å². The number of hydrogen-bond donors (Lipinski definition) is 0. The van der Waals surface area contributed by atoms with Crippen molar-refractivity contribution in [3.63, 3.8) is 0 Å². The van der Waals surface area contributed by atoms with Crippen molar-refractivity contribution in [2.45, 2.75) is 13.3 Å². The van der Waals surface area contributed by atoms with E-state index < -0.39 is 0 Å². The highest BCUT2D eigenvalue weighted by atomic mass is 16.1. The van der Waals surface area contributed by atoms with Gasteiger partial charge in [0, 0.05) is 12.4 Å². The maximum Gasteiger partial charge on any atom is 0.249 e. The van der Waals surface area contributed by atoms with E-state index in [0.29, 0.717) is 5.57 Å². The summed E-state index contributed by atoms with van der Waals surface area (Å²) in [6.07, 6.45) is 4.39. The Morgan fingerprint density at radius 1 is 1.25 bits per heavy atom. The smallest absolute Gasteiger partial charge is 0.249 e. The molecule has 0 saturated heterocycles. The molecule has 0 N–H and O–H groups in total. The third-order valence-electron chi connectivity index (χ3n) is 2.19. The molecule has 1 aliphatic rings. The second-order valence-corrected chi connectivity index (χ2v) is 3.40. The number of hydrogen-bond acceptors (Lipinski definition) is 5. The molecule has 0 unspecified atom stereocenters. The molecule has 0 bridgehead atoms. The number of rotatable bonds is 1. The van der Waals surface area contributed by atoms with E-state index in [1.54, 1.807) is 13.0 Å². The normalized spacial score (nSPS) is 18.8. The zero-order chi connectivity index (χ0) is 11.5. The Morgan fingerprint density at radius 2 is 1.94 bits per heavy atom. The number of aromatic nitrogens is 2. The molecule has 0 amide bonds. The molecule has 0 spiro atoms. The van der Waals surface area contributed by atoms with Crippen molar-refractivity contribution in [3.8, 4) is 0 Å². The van der Waals surface area contributed by atoms with Gasteiger partial charge in [-0.25, -0.2) is 15.0 Å². The number of Topliss-reactive ketones (excluding diaryl/α,β-unsaturated/α-hetero) is 1. The molecule has 2 rings (SSSR count). The summed E-state index contributed by atoms with van der Waals surface area (Å²) in [6, 6.07) is 1.65. The average Bonchev–Trinajstić information content (AvgIpc) is 2.27. The monoisotopic (exact) mass is 215 g/mol. The van der Waals surface area contributed by atoms with Crippen molar-refractivity contribution in [2.75, 3.05) is 0 Å². The molecule has 1 aromatic rings. The number of nitrogens with zero attached hydrogens (tertiary/aromatic N) is 3. The number of aliphatic imine (C=N–C) groups is 1. The molecule has 1 heterocycles. The van der Waals surface area contributed by atoms with Crippen LogP contribution >= 0.6 is 0 Å². The first-order valence-corrected chi connectivity index (χ1v) is 4.77. The second kappa shape index (κ2) is 4.14. The summed E-state index contributed by atoms with van der Waals surface area (Å²) in [7, 11) is 0. The molecule has 5 heteroatoms. The van der Waals surface area contributed by atoms with Gasteiger partial charge >= 0.3 is 0 Å². The van der Waals surface area contributed by atoms with E-state index in [1.165, 1.54) is 18.5 Å².